The minimum Gasteiger partial charge on any atom is -0.289 e. The summed E-state index contributed by atoms with van der Waals surface area (Å²) in [5.41, 5.74) is 9.23. The molecule has 0 radical (unpaired) electrons. The SMILES string of the molecule is Cc1cc(C)nc(NNCc2ccccc2)n1. The predicted molar refractivity (Wildman–Crippen MR) is 68.4 cm³/mol. The topological polar surface area (TPSA) is 49.8 Å². The van der Waals surface area contributed by atoms with Gasteiger partial charge in [-0.15, -0.1) is 0 Å². The third kappa shape index (κ3) is 3.53. The number of hydrogen-bond acceptors (Lipinski definition) is 4. The number of hydrogen-bond donors (Lipinski definition) is 2. The summed E-state index contributed by atoms with van der Waals surface area (Å²) in [5.74, 6) is 0.610. The maximum atomic E-state index is 4.28. The van der Waals surface area contributed by atoms with Crippen molar-refractivity contribution in [1.29, 1.82) is 0 Å². The third-order valence-electron chi connectivity index (χ3n) is 2.32. The molecule has 2 N–H and O–H groups in total. The van der Waals surface area contributed by atoms with Gasteiger partial charge in [-0.25, -0.2) is 15.4 Å². The van der Waals surface area contributed by atoms with Crippen molar-refractivity contribution in [3.05, 3.63) is 53.3 Å². The molecule has 0 bridgehead atoms. The van der Waals surface area contributed by atoms with E-state index in [-0.39, 0.29) is 0 Å². The number of hydrazine groups is 1. The fourth-order valence-corrected chi connectivity index (χ4v) is 1.60. The number of nitrogens with zero attached hydrogens (tertiary/aromatic N) is 2. The maximum absolute atomic E-state index is 4.28. The number of anilines is 1. The number of rotatable bonds is 4. The molecule has 0 amide bonds. The molecule has 0 aliphatic heterocycles. The van der Waals surface area contributed by atoms with Crippen molar-refractivity contribution in [3.63, 3.8) is 0 Å². The Kier molecular flexibility index (Phi) is 3.67. The lowest BCUT2D eigenvalue weighted by Gasteiger charge is -2.08. The molecular weight excluding hydrogens is 212 g/mol. The molecule has 2 rings (SSSR count). The maximum Gasteiger partial charge on any atom is 0.237 e. The molecule has 0 saturated carbocycles. The standard InChI is InChI=1S/C13H16N4/c1-10-8-11(2)16-13(15-10)17-14-9-12-6-4-3-5-7-12/h3-8,14H,9H2,1-2H3,(H,15,16,17). The van der Waals surface area contributed by atoms with E-state index >= 15 is 0 Å². The van der Waals surface area contributed by atoms with Crippen LogP contribution in [0.2, 0.25) is 0 Å². The third-order valence-corrected chi connectivity index (χ3v) is 2.32. The van der Waals surface area contributed by atoms with Gasteiger partial charge < -0.3 is 0 Å². The van der Waals surface area contributed by atoms with Gasteiger partial charge in [0.25, 0.3) is 0 Å². The van der Waals surface area contributed by atoms with Crippen LogP contribution in [0, 0.1) is 13.8 Å². The quantitative estimate of drug-likeness (QED) is 0.788. The van der Waals surface area contributed by atoms with Crippen molar-refractivity contribution >= 4 is 5.95 Å². The fourth-order valence-electron chi connectivity index (χ4n) is 1.60. The van der Waals surface area contributed by atoms with E-state index in [2.05, 4.69) is 33.0 Å². The van der Waals surface area contributed by atoms with E-state index < -0.39 is 0 Å². The Morgan fingerprint density at radius 3 is 2.29 bits per heavy atom. The summed E-state index contributed by atoms with van der Waals surface area (Å²) < 4.78 is 0. The Hall–Kier alpha value is -1.94. The zero-order valence-corrected chi connectivity index (χ0v) is 10.1. The molecule has 0 atom stereocenters. The van der Waals surface area contributed by atoms with E-state index in [1.807, 2.05) is 38.1 Å². The first-order chi connectivity index (χ1) is 8.24. The second kappa shape index (κ2) is 5.41. The monoisotopic (exact) mass is 228 g/mol. The lowest BCUT2D eigenvalue weighted by atomic mass is 10.2. The van der Waals surface area contributed by atoms with Gasteiger partial charge in [-0.2, -0.15) is 0 Å². The van der Waals surface area contributed by atoms with Gasteiger partial charge in [0.1, 0.15) is 0 Å². The molecule has 17 heavy (non-hydrogen) atoms. The van der Waals surface area contributed by atoms with Crippen LogP contribution in [0.15, 0.2) is 36.4 Å². The highest BCUT2D eigenvalue weighted by Crippen LogP contribution is 2.03. The van der Waals surface area contributed by atoms with E-state index in [0.29, 0.717) is 5.95 Å². The number of nitrogens with one attached hydrogen (secondary N) is 2. The van der Waals surface area contributed by atoms with Crippen LogP contribution in [0.4, 0.5) is 5.95 Å². The van der Waals surface area contributed by atoms with Crippen LogP contribution in [-0.4, -0.2) is 9.97 Å². The first kappa shape index (κ1) is 11.5. The molecular formula is C13H16N4. The predicted octanol–water partition coefficient (Wildman–Crippen LogP) is 2.21. The van der Waals surface area contributed by atoms with Gasteiger partial charge in [0.15, 0.2) is 0 Å². The molecule has 4 heteroatoms. The van der Waals surface area contributed by atoms with E-state index in [0.717, 1.165) is 17.9 Å². The van der Waals surface area contributed by atoms with E-state index in [4.69, 9.17) is 0 Å². The van der Waals surface area contributed by atoms with Gasteiger partial charge in [-0.05, 0) is 25.5 Å². The zero-order chi connectivity index (χ0) is 12.1. The second-order valence-electron chi connectivity index (χ2n) is 3.94. The molecule has 0 fully saturated rings. The highest BCUT2D eigenvalue weighted by Gasteiger charge is 1.98. The van der Waals surface area contributed by atoms with E-state index in [9.17, 15) is 0 Å². The molecule has 0 spiro atoms. The Labute approximate surface area is 101 Å². The lowest BCUT2D eigenvalue weighted by molar-refractivity contribution is 0.782. The highest BCUT2D eigenvalue weighted by molar-refractivity contribution is 5.26. The van der Waals surface area contributed by atoms with Crippen molar-refractivity contribution in [1.82, 2.24) is 15.4 Å². The van der Waals surface area contributed by atoms with Crippen LogP contribution in [0.5, 0.6) is 0 Å². The van der Waals surface area contributed by atoms with Gasteiger partial charge in [-0.1, -0.05) is 30.3 Å². The van der Waals surface area contributed by atoms with Gasteiger partial charge >= 0.3 is 0 Å². The Morgan fingerprint density at radius 2 is 1.65 bits per heavy atom. The summed E-state index contributed by atoms with van der Waals surface area (Å²) in [7, 11) is 0. The van der Waals surface area contributed by atoms with Gasteiger partial charge in [0.05, 0.1) is 0 Å². The lowest BCUT2D eigenvalue weighted by Crippen LogP contribution is -2.22. The van der Waals surface area contributed by atoms with E-state index in [1.54, 1.807) is 0 Å². The Bertz CT molecular complexity index is 462. The smallest absolute Gasteiger partial charge is 0.237 e. The number of benzene rings is 1. The van der Waals surface area contributed by atoms with Gasteiger partial charge in [0, 0.05) is 17.9 Å². The normalized spacial score (nSPS) is 10.2. The van der Waals surface area contributed by atoms with Crippen molar-refractivity contribution in [2.45, 2.75) is 20.4 Å². The van der Waals surface area contributed by atoms with Crippen molar-refractivity contribution < 1.29 is 0 Å². The minimum absolute atomic E-state index is 0.610. The first-order valence-electron chi connectivity index (χ1n) is 5.59. The largest absolute Gasteiger partial charge is 0.289 e. The summed E-state index contributed by atoms with van der Waals surface area (Å²) in [6.07, 6.45) is 0. The molecule has 88 valence electrons. The zero-order valence-electron chi connectivity index (χ0n) is 10.1. The molecule has 0 aliphatic carbocycles. The molecule has 4 nitrogen and oxygen atoms in total. The van der Waals surface area contributed by atoms with Crippen LogP contribution in [0.25, 0.3) is 0 Å². The van der Waals surface area contributed by atoms with Gasteiger partial charge in [0.2, 0.25) is 5.95 Å². The Balaban J connectivity index is 1.90. The molecule has 0 saturated heterocycles. The summed E-state index contributed by atoms with van der Waals surface area (Å²) in [6.45, 7) is 4.64. The molecule has 0 aliphatic rings. The summed E-state index contributed by atoms with van der Waals surface area (Å²) in [6, 6.07) is 12.1. The second-order valence-corrected chi connectivity index (χ2v) is 3.94. The summed E-state index contributed by atoms with van der Waals surface area (Å²) in [4.78, 5) is 8.56. The average molecular weight is 228 g/mol. The first-order valence-corrected chi connectivity index (χ1v) is 5.59. The summed E-state index contributed by atoms with van der Waals surface area (Å²) >= 11 is 0. The molecule has 1 heterocycles. The van der Waals surface area contributed by atoms with Crippen molar-refractivity contribution in [2.24, 2.45) is 0 Å². The highest BCUT2D eigenvalue weighted by atomic mass is 15.4. The average Bonchev–Trinajstić information content (AvgIpc) is 2.29. The van der Waals surface area contributed by atoms with Crippen molar-refractivity contribution in [3.8, 4) is 0 Å². The minimum atomic E-state index is 0.610. The number of aryl methyl sites for hydroxylation is 2. The fraction of sp³-hybridized carbons (Fsp3) is 0.231. The number of aromatic nitrogens is 2. The Morgan fingerprint density at radius 1 is 1.00 bits per heavy atom. The van der Waals surface area contributed by atoms with Gasteiger partial charge in [-0.3, -0.25) is 5.43 Å². The molecule has 1 aromatic carbocycles. The molecule has 2 aromatic rings. The summed E-state index contributed by atoms with van der Waals surface area (Å²) in [5, 5.41) is 0. The van der Waals surface area contributed by atoms with Crippen LogP contribution in [-0.2, 0) is 6.54 Å². The van der Waals surface area contributed by atoms with Crippen LogP contribution in [0.1, 0.15) is 17.0 Å². The van der Waals surface area contributed by atoms with Crippen LogP contribution in [0.3, 0.4) is 0 Å². The van der Waals surface area contributed by atoms with Crippen LogP contribution < -0.4 is 10.9 Å². The molecule has 0 unspecified atom stereocenters. The van der Waals surface area contributed by atoms with Crippen molar-refractivity contribution in [2.75, 3.05) is 5.43 Å². The molecule has 1 aromatic heterocycles. The van der Waals surface area contributed by atoms with E-state index in [1.165, 1.54) is 5.56 Å². The van der Waals surface area contributed by atoms with Crippen LogP contribution >= 0.6 is 0 Å².